The van der Waals surface area contributed by atoms with Crippen LogP contribution in [0.25, 0.3) is 0 Å². The van der Waals surface area contributed by atoms with Gasteiger partial charge in [-0.15, -0.1) is 0 Å². The molecule has 1 aromatic rings. The molecule has 0 heterocycles. The Morgan fingerprint density at radius 1 is 1.59 bits per heavy atom. The Morgan fingerprint density at radius 2 is 2.24 bits per heavy atom. The fourth-order valence-electron chi connectivity index (χ4n) is 1.19. The summed E-state index contributed by atoms with van der Waals surface area (Å²) < 4.78 is 14.0. The zero-order valence-electron chi connectivity index (χ0n) is 9.20. The number of hydrogen-bond acceptors (Lipinski definition) is 3. The van der Waals surface area contributed by atoms with Crippen LogP contribution in [0.5, 0.6) is 0 Å². The van der Waals surface area contributed by atoms with E-state index in [1.807, 2.05) is 0 Å². The molecule has 6 heteroatoms. The number of carbonyl (C=O) groups is 1. The second kappa shape index (κ2) is 5.57. The first-order valence-corrected chi connectivity index (χ1v) is 5.72. The molecule has 1 atom stereocenters. The quantitative estimate of drug-likeness (QED) is 0.771. The zero-order chi connectivity index (χ0) is 13.1. The maximum Gasteiger partial charge on any atom is 0.336 e. The van der Waals surface area contributed by atoms with Crippen LogP contribution in [0.15, 0.2) is 22.7 Å². The van der Waals surface area contributed by atoms with Crippen molar-refractivity contribution in [2.45, 2.75) is 19.1 Å². The van der Waals surface area contributed by atoms with E-state index in [9.17, 15) is 14.3 Å². The van der Waals surface area contributed by atoms with Gasteiger partial charge in [0.05, 0.1) is 0 Å². The lowest BCUT2D eigenvalue weighted by atomic mass is 10.1. The monoisotopic (exact) mass is 305 g/mol. The lowest BCUT2D eigenvalue weighted by Crippen LogP contribution is -2.44. The van der Waals surface area contributed by atoms with Crippen LogP contribution in [0, 0.1) is 5.82 Å². The molecule has 0 saturated carbocycles. The molecule has 0 bridgehead atoms. The number of rotatable bonds is 5. The minimum atomic E-state index is -1.86. The van der Waals surface area contributed by atoms with Crippen LogP contribution in [0.2, 0.25) is 0 Å². The highest BCUT2D eigenvalue weighted by atomic mass is 79.9. The number of aliphatic carboxylic acids is 1. The van der Waals surface area contributed by atoms with Crippen LogP contribution >= 0.6 is 15.9 Å². The van der Waals surface area contributed by atoms with Gasteiger partial charge in [0.1, 0.15) is 5.82 Å². The number of halogens is 2. The number of nitrogens with one attached hydrogen (secondary N) is 1. The molecule has 0 aliphatic heterocycles. The summed E-state index contributed by atoms with van der Waals surface area (Å²) in [5.41, 5.74) is -1.46. The van der Waals surface area contributed by atoms with Crippen molar-refractivity contribution in [3.05, 3.63) is 34.1 Å². The van der Waals surface area contributed by atoms with Crippen molar-refractivity contribution in [3.63, 3.8) is 0 Å². The first-order chi connectivity index (χ1) is 7.83. The van der Waals surface area contributed by atoms with Crippen molar-refractivity contribution < 1.29 is 19.4 Å². The second-order valence-electron chi connectivity index (χ2n) is 3.92. The van der Waals surface area contributed by atoms with Crippen molar-refractivity contribution in [1.82, 2.24) is 5.32 Å². The van der Waals surface area contributed by atoms with E-state index < -0.39 is 11.6 Å². The maximum absolute atomic E-state index is 13.3. The molecule has 0 amide bonds. The molecule has 94 valence electrons. The van der Waals surface area contributed by atoms with Crippen molar-refractivity contribution in [2.24, 2.45) is 0 Å². The molecule has 0 spiro atoms. The van der Waals surface area contributed by atoms with Crippen LogP contribution in [0.1, 0.15) is 12.5 Å². The summed E-state index contributed by atoms with van der Waals surface area (Å²) in [6, 6.07) is 4.49. The summed E-state index contributed by atoms with van der Waals surface area (Å²) in [6.45, 7) is 1.17. The normalized spacial score (nSPS) is 14.4. The van der Waals surface area contributed by atoms with Gasteiger partial charge in [-0.05, 0) is 25.1 Å². The van der Waals surface area contributed by atoms with Gasteiger partial charge in [0.2, 0.25) is 0 Å². The van der Waals surface area contributed by atoms with Crippen molar-refractivity contribution in [1.29, 1.82) is 0 Å². The van der Waals surface area contributed by atoms with E-state index in [1.54, 1.807) is 12.1 Å². The Kier molecular flexibility index (Phi) is 4.62. The van der Waals surface area contributed by atoms with Crippen LogP contribution in [0.3, 0.4) is 0 Å². The minimum Gasteiger partial charge on any atom is -0.479 e. The predicted octanol–water partition coefficient (Wildman–Crippen LogP) is 1.51. The molecule has 1 aromatic carbocycles. The molecule has 0 fully saturated rings. The lowest BCUT2D eigenvalue weighted by Gasteiger charge is -2.18. The molecule has 0 saturated heterocycles. The van der Waals surface area contributed by atoms with Gasteiger partial charge < -0.3 is 15.5 Å². The highest BCUT2D eigenvalue weighted by Crippen LogP contribution is 2.15. The maximum atomic E-state index is 13.3. The van der Waals surface area contributed by atoms with Gasteiger partial charge in [0.25, 0.3) is 0 Å². The van der Waals surface area contributed by atoms with E-state index in [0.717, 1.165) is 4.47 Å². The zero-order valence-corrected chi connectivity index (χ0v) is 10.8. The average molecular weight is 306 g/mol. The standard InChI is InChI=1S/C11H13BrFNO3/c1-11(17,10(15)16)6-14-5-7-4-8(12)2-3-9(7)13/h2-4,14,17H,5-6H2,1H3,(H,15,16). The van der Waals surface area contributed by atoms with Crippen LogP contribution in [-0.4, -0.2) is 28.3 Å². The Hall–Kier alpha value is -0.980. The molecule has 3 N–H and O–H groups in total. The van der Waals surface area contributed by atoms with Gasteiger partial charge in [0.15, 0.2) is 5.60 Å². The highest BCUT2D eigenvalue weighted by molar-refractivity contribution is 9.10. The van der Waals surface area contributed by atoms with Gasteiger partial charge in [-0.1, -0.05) is 15.9 Å². The molecule has 1 unspecified atom stereocenters. The third-order valence-corrected chi connectivity index (χ3v) is 2.75. The first kappa shape index (κ1) is 14.1. The Balaban J connectivity index is 2.57. The van der Waals surface area contributed by atoms with E-state index in [2.05, 4.69) is 21.2 Å². The van der Waals surface area contributed by atoms with E-state index >= 15 is 0 Å². The molecule has 0 aliphatic rings. The van der Waals surface area contributed by atoms with Crippen LogP contribution < -0.4 is 5.32 Å². The Labute approximate surface area is 107 Å². The summed E-state index contributed by atoms with van der Waals surface area (Å²) in [7, 11) is 0. The predicted molar refractivity (Wildman–Crippen MR) is 64.1 cm³/mol. The number of hydrogen-bond donors (Lipinski definition) is 3. The molecule has 0 aliphatic carbocycles. The third kappa shape index (κ3) is 4.07. The summed E-state index contributed by atoms with van der Waals surface area (Å²) in [4.78, 5) is 10.6. The van der Waals surface area contributed by atoms with Gasteiger partial charge in [-0.25, -0.2) is 9.18 Å². The minimum absolute atomic E-state index is 0.148. The summed E-state index contributed by atoms with van der Waals surface area (Å²) in [5, 5.41) is 20.8. The van der Waals surface area contributed by atoms with Crippen molar-refractivity contribution in [3.8, 4) is 0 Å². The van der Waals surface area contributed by atoms with Gasteiger partial charge in [0, 0.05) is 23.1 Å². The first-order valence-electron chi connectivity index (χ1n) is 4.93. The van der Waals surface area contributed by atoms with Crippen LogP contribution in [-0.2, 0) is 11.3 Å². The van der Waals surface area contributed by atoms with E-state index in [-0.39, 0.29) is 18.9 Å². The van der Waals surface area contributed by atoms with Crippen molar-refractivity contribution >= 4 is 21.9 Å². The number of carboxylic acids is 1. The third-order valence-electron chi connectivity index (χ3n) is 2.25. The number of aliphatic hydroxyl groups is 1. The topological polar surface area (TPSA) is 69.6 Å². The Bertz CT molecular complexity index is 423. The Morgan fingerprint density at radius 3 is 2.82 bits per heavy atom. The number of carboxylic acid groups (broad SMARTS) is 1. The summed E-state index contributed by atoms with van der Waals surface area (Å²) in [5.74, 6) is -1.70. The van der Waals surface area contributed by atoms with E-state index in [4.69, 9.17) is 5.11 Å². The largest absolute Gasteiger partial charge is 0.479 e. The molecule has 0 aromatic heterocycles. The molecular formula is C11H13BrFNO3. The van der Waals surface area contributed by atoms with Gasteiger partial charge in [-0.3, -0.25) is 0 Å². The fourth-order valence-corrected chi connectivity index (χ4v) is 1.60. The second-order valence-corrected chi connectivity index (χ2v) is 4.83. The molecular weight excluding hydrogens is 293 g/mol. The lowest BCUT2D eigenvalue weighted by molar-refractivity contribution is -0.156. The molecule has 1 rings (SSSR count). The fraction of sp³-hybridized carbons (Fsp3) is 0.364. The summed E-state index contributed by atoms with van der Waals surface area (Å²) >= 11 is 3.21. The molecule has 0 radical (unpaired) electrons. The SMILES string of the molecule is CC(O)(CNCc1cc(Br)ccc1F)C(=O)O. The molecule has 17 heavy (non-hydrogen) atoms. The number of benzene rings is 1. The van der Waals surface area contributed by atoms with E-state index in [0.29, 0.717) is 5.56 Å². The average Bonchev–Trinajstić information content (AvgIpc) is 2.22. The highest BCUT2D eigenvalue weighted by Gasteiger charge is 2.29. The van der Waals surface area contributed by atoms with Crippen LogP contribution in [0.4, 0.5) is 4.39 Å². The molecule has 4 nitrogen and oxygen atoms in total. The van der Waals surface area contributed by atoms with Gasteiger partial charge in [-0.2, -0.15) is 0 Å². The van der Waals surface area contributed by atoms with Crippen molar-refractivity contribution in [2.75, 3.05) is 6.54 Å². The van der Waals surface area contributed by atoms with E-state index in [1.165, 1.54) is 13.0 Å². The smallest absolute Gasteiger partial charge is 0.336 e. The summed E-state index contributed by atoms with van der Waals surface area (Å²) in [6.07, 6.45) is 0. The van der Waals surface area contributed by atoms with Gasteiger partial charge >= 0.3 is 5.97 Å².